The second kappa shape index (κ2) is 16.0. The lowest BCUT2D eigenvalue weighted by Crippen LogP contribution is -2.32. The number of nitrogens with zero attached hydrogens (tertiary/aromatic N) is 1. The van der Waals surface area contributed by atoms with Crippen LogP contribution in [0.3, 0.4) is 0 Å². The Kier molecular flexibility index (Phi) is 9.64. The van der Waals surface area contributed by atoms with Crippen LogP contribution < -0.4 is 4.90 Å². The van der Waals surface area contributed by atoms with Crippen molar-refractivity contribution in [3.63, 3.8) is 0 Å². The number of fused-ring (bicyclic) bond motifs is 3. The smallest absolute Gasteiger partial charge is 0.0714 e. The average molecular weight is 792 g/mol. The van der Waals surface area contributed by atoms with E-state index in [2.05, 4.69) is 260 Å². The van der Waals surface area contributed by atoms with Crippen LogP contribution in [0.5, 0.6) is 0 Å². The summed E-state index contributed by atoms with van der Waals surface area (Å²) in [6.07, 6.45) is 8.01. The number of hydrogen-bond donors (Lipinski definition) is 0. The monoisotopic (exact) mass is 791 g/mol. The van der Waals surface area contributed by atoms with Crippen molar-refractivity contribution in [3.8, 4) is 44.5 Å². The third-order valence-corrected chi connectivity index (χ3v) is 12.9. The number of rotatable bonds is 9. The van der Waals surface area contributed by atoms with E-state index in [1.54, 1.807) is 0 Å². The van der Waals surface area contributed by atoms with Crippen molar-refractivity contribution in [2.45, 2.75) is 17.9 Å². The van der Waals surface area contributed by atoms with Crippen molar-refractivity contribution < 1.29 is 0 Å². The van der Waals surface area contributed by atoms with Gasteiger partial charge in [-0.1, -0.05) is 224 Å². The van der Waals surface area contributed by atoms with Crippen LogP contribution in [0.4, 0.5) is 11.4 Å². The molecule has 1 heteroatoms. The SMILES string of the molecule is C1=CC(N(c2ccc3c(c2)C(c2cccc(-c4ccccc4)c2)(c2cccc(-c4ccccc4)c2)c2ccccc2-3)c2ccccc2-c2ccccc2)CC=C1c1ccccc1. The maximum Gasteiger partial charge on any atom is 0.0714 e. The summed E-state index contributed by atoms with van der Waals surface area (Å²) in [5, 5.41) is 0. The summed E-state index contributed by atoms with van der Waals surface area (Å²) < 4.78 is 0. The Bertz CT molecular complexity index is 3010. The van der Waals surface area contributed by atoms with Gasteiger partial charge >= 0.3 is 0 Å². The molecule has 0 saturated carbocycles. The van der Waals surface area contributed by atoms with Crippen LogP contribution in [0.25, 0.3) is 50.1 Å². The van der Waals surface area contributed by atoms with Crippen LogP contribution in [-0.4, -0.2) is 6.04 Å². The highest BCUT2D eigenvalue weighted by Gasteiger charge is 2.47. The number of allylic oxidation sites excluding steroid dienone is 2. The minimum absolute atomic E-state index is 0.0753. The van der Waals surface area contributed by atoms with Gasteiger partial charge in [-0.05, 0) is 109 Å². The largest absolute Gasteiger partial charge is 0.334 e. The van der Waals surface area contributed by atoms with E-state index in [4.69, 9.17) is 0 Å². The van der Waals surface area contributed by atoms with Crippen molar-refractivity contribution in [1.29, 1.82) is 0 Å². The van der Waals surface area contributed by atoms with Gasteiger partial charge in [-0.25, -0.2) is 0 Å². The Labute approximate surface area is 365 Å². The summed E-state index contributed by atoms with van der Waals surface area (Å²) in [5.74, 6) is 0. The predicted octanol–water partition coefficient (Wildman–Crippen LogP) is 15.6. The Morgan fingerprint density at radius 1 is 0.371 bits per heavy atom. The predicted molar refractivity (Wildman–Crippen MR) is 261 cm³/mol. The Hall–Kier alpha value is -7.74. The molecule has 0 saturated heterocycles. The van der Waals surface area contributed by atoms with Crippen molar-refractivity contribution >= 4 is 16.9 Å². The molecule has 0 fully saturated rings. The van der Waals surface area contributed by atoms with E-state index in [1.807, 2.05) is 0 Å². The van der Waals surface area contributed by atoms with Gasteiger partial charge in [0.05, 0.1) is 11.5 Å². The second-order valence-corrected chi connectivity index (χ2v) is 16.4. The molecule has 0 heterocycles. The molecule has 0 spiro atoms. The van der Waals surface area contributed by atoms with Crippen LogP contribution in [0.15, 0.2) is 255 Å². The van der Waals surface area contributed by atoms with Crippen LogP contribution >= 0.6 is 0 Å². The third-order valence-electron chi connectivity index (χ3n) is 12.9. The summed E-state index contributed by atoms with van der Waals surface area (Å²) in [5.41, 5.74) is 19.1. The maximum atomic E-state index is 2.59. The maximum absolute atomic E-state index is 2.59. The van der Waals surface area contributed by atoms with Crippen LogP contribution in [-0.2, 0) is 5.41 Å². The summed E-state index contributed by atoms with van der Waals surface area (Å²) in [6.45, 7) is 0. The van der Waals surface area contributed by atoms with E-state index in [-0.39, 0.29) is 6.04 Å². The molecule has 2 aliphatic rings. The van der Waals surface area contributed by atoms with Crippen molar-refractivity contribution in [3.05, 3.63) is 283 Å². The van der Waals surface area contributed by atoms with E-state index in [1.165, 1.54) is 83.6 Å². The first-order chi connectivity index (χ1) is 30.8. The molecule has 9 aromatic rings. The lowest BCUT2D eigenvalue weighted by molar-refractivity contribution is 0.761. The molecule has 0 radical (unpaired) electrons. The lowest BCUT2D eigenvalue weighted by atomic mass is 9.67. The van der Waals surface area contributed by atoms with E-state index in [9.17, 15) is 0 Å². The first-order valence-electron chi connectivity index (χ1n) is 21.7. The molecule has 9 aromatic carbocycles. The van der Waals surface area contributed by atoms with E-state index >= 15 is 0 Å². The van der Waals surface area contributed by atoms with Gasteiger partial charge in [0.2, 0.25) is 0 Å². The Morgan fingerprint density at radius 2 is 0.871 bits per heavy atom. The number of para-hydroxylation sites is 1. The highest BCUT2D eigenvalue weighted by molar-refractivity contribution is 5.91. The van der Waals surface area contributed by atoms with Crippen molar-refractivity contribution in [2.24, 2.45) is 0 Å². The molecule has 0 bridgehead atoms. The van der Waals surface area contributed by atoms with Crippen LogP contribution in [0.1, 0.15) is 34.2 Å². The van der Waals surface area contributed by atoms with Gasteiger partial charge in [-0.2, -0.15) is 0 Å². The van der Waals surface area contributed by atoms with Crippen LogP contribution in [0, 0.1) is 0 Å². The third kappa shape index (κ3) is 6.51. The van der Waals surface area contributed by atoms with E-state index in [0.717, 1.165) is 12.1 Å². The molecule has 0 aliphatic heterocycles. The Morgan fingerprint density at radius 3 is 1.47 bits per heavy atom. The molecule has 1 nitrogen and oxygen atoms in total. The van der Waals surface area contributed by atoms with Gasteiger partial charge in [-0.3, -0.25) is 0 Å². The normalized spacial score (nSPS) is 14.7. The Balaban J connectivity index is 1.16. The molecule has 0 amide bonds. The average Bonchev–Trinajstić information content (AvgIpc) is 3.66. The van der Waals surface area contributed by atoms with Gasteiger partial charge in [0.25, 0.3) is 0 Å². The topological polar surface area (TPSA) is 3.24 Å². The number of anilines is 2. The quantitative estimate of drug-likeness (QED) is 0.141. The minimum atomic E-state index is -0.620. The first-order valence-corrected chi connectivity index (χ1v) is 21.7. The minimum Gasteiger partial charge on any atom is -0.334 e. The molecule has 11 rings (SSSR count). The fraction of sp³-hybridized carbons (Fsp3) is 0.0492. The standard InChI is InChI=1S/C61H45N/c1-5-19-44(20-6-1)47-35-37-53(38-36-47)62(60-34-16-14-31-55(60)48-25-11-4-12-26-48)54-39-40-57-56-32-13-15-33-58(56)61(59(57)43-54,51-29-17-27-49(41-51)45-21-7-2-8-22-45)52-30-18-28-50(42-52)46-23-9-3-10-24-46/h1-37,39-43,53H,38H2. The highest BCUT2D eigenvalue weighted by atomic mass is 15.2. The number of hydrogen-bond acceptors (Lipinski definition) is 1. The molecule has 62 heavy (non-hydrogen) atoms. The molecule has 2 aliphatic carbocycles. The molecule has 0 N–H and O–H groups in total. The summed E-state index contributed by atoms with van der Waals surface area (Å²) in [7, 11) is 0. The fourth-order valence-electron chi connectivity index (χ4n) is 10.0. The molecule has 1 atom stereocenters. The molecule has 294 valence electrons. The molecular weight excluding hydrogens is 747 g/mol. The van der Waals surface area contributed by atoms with Crippen LogP contribution in [0.2, 0.25) is 0 Å². The highest BCUT2D eigenvalue weighted by Crippen LogP contribution is 2.58. The van der Waals surface area contributed by atoms with Gasteiger partial charge in [0.15, 0.2) is 0 Å². The van der Waals surface area contributed by atoms with Gasteiger partial charge in [0, 0.05) is 16.9 Å². The summed E-state index contributed by atoms with van der Waals surface area (Å²) in [4.78, 5) is 2.59. The second-order valence-electron chi connectivity index (χ2n) is 16.4. The first kappa shape index (κ1) is 37.3. The zero-order valence-corrected chi connectivity index (χ0v) is 34.5. The van der Waals surface area contributed by atoms with Crippen molar-refractivity contribution in [1.82, 2.24) is 0 Å². The zero-order valence-electron chi connectivity index (χ0n) is 34.5. The summed E-state index contributed by atoms with van der Waals surface area (Å²) >= 11 is 0. The fourth-order valence-corrected chi connectivity index (χ4v) is 10.0. The summed E-state index contributed by atoms with van der Waals surface area (Å²) in [6, 6.07) is 87.1. The number of benzene rings is 9. The molecular formula is C61H45N. The van der Waals surface area contributed by atoms with E-state index in [0.29, 0.717) is 0 Å². The van der Waals surface area contributed by atoms with Gasteiger partial charge < -0.3 is 4.90 Å². The van der Waals surface area contributed by atoms with Crippen molar-refractivity contribution in [2.75, 3.05) is 4.90 Å². The molecule has 1 unspecified atom stereocenters. The zero-order chi connectivity index (χ0) is 41.3. The van der Waals surface area contributed by atoms with Gasteiger partial charge in [0.1, 0.15) is 0 Å². The van der Waals surface area contributed by atoms with E-state index < -0.39 is 5.41 Å². The van der Waals surface area contributed by atoms with Gasteiger partial charge in [-0.15, -0.1) is 0 Å². The molecule has 0 aromatic heterocycles. The lowest BCUT2D eigenvalue weighted by Gasteiger charge is -2.37.